The lowest BCUT2D eigenvalue weighted by molar-refractivity contribution is -0.152. The van der Waals surface area contributed by atoms with Crippen molar-refractivity contribution in [3.05, 3.63) is 35.4 Å². The number of carboxylic acids is 1. The molecule has 1 aromatic rings. The highest BCUT2D eigenvalue weighted by Crippen LogP contribution is 2.32. The number of rotatable bonds is 6. The van der Waals surface area contributed by atoms with E-state index < -0.39 is 17.5 Å². The molecule has 0 aliphatic rings. The summed E-state index contributed by atoms with van der Waals surface area (Å²) in [4.78, 5) is 11.2. The van der Waals surface area contributed by atoms with Crippen LogP contribution in [0.1, 0.15) is 44.7 Å². The summed E-state index contributed by atoms with van der Waals surface area (Å²) in [5.41, 5.74) is 0.544. The smallest absolute Gasteiger partial charge is 0.309 e. The minimum Gasteiger partial charge on any atom is -0.481 e. The number of carbonyl (C=O) groups is 1. The van der Waals surface area contributed by atoms with Crippen molar-refractivity contribution < 1.29 is 15.0 Å². The third-order valence-corrected chi connectivity index (χ3v) is 3.46. The fourth-order valence-corrected chi connectivity index (χ4v) is 2.31. The number of hydrogen-bond acceptors (Lipinski definition) is 2. The molecule has 0 fully saturated rings. The van der Waals surface area contributed by atoms with Gasteiger partial charge < -0.3 is 10.2 Å². The van der Waals surface area contributed by atoms with Gasteiger partial charge in [-0.2, -0.15) is 0 Å². The highest BCUT2D eigenvalue weighted by Gasteiger charge is 2.37. The summed E-state index contributed by atoms with van der Waals surface area (Å²) in [6.07, 6.45) is 2.47. The van der Waals surface area contributed by atoms with Crippen molar-refractivity contribution in [1.82, 2.24) is 0 Å². The normalized spacial score (nSPS) is 16.0. The average molecular weight is 250 g/mol. The van der Waals surface area contributed by atoms with E-state index in [1.165, 1.54) is 5.56 Å². The SMILES string of the molecule is CCCc1ccc(C(C)(O)C(CC)C(=O)O)cc1. The van der Waals surface area contributed by atoms with Crippen LogP contribution in [-0.4, -0.2) is 16.2 Å². The summed E-state index contributed by atoms with van der Waals surface area (Å²) in [5.74, 6) is -1.74. The topological polar surface area (TPSA) is 57.5 Å². The van der Waals surface area contributed by atoms with Crippen molar-refractivity contribution in [3.8, 4) is 0 Å². The minimum atomic E-state index is -1.33. The van der Waals surface area contributed by atoms with Crippen LogP contribution in [0.5, 0.6) is 0 Å². The Kier molecular flexibility index (Phi) is 4.91. The third-order valence-electron chi connectivity index (χ3n) is 3.46. The molecule has 2 unspecified atom stereocenters. The molecular formula is C15H22O3. The molecule has 0 aromatic heterocycles. The largest absolute Gasteiger partial charge is 0.481 e. The van der Waals surface area contributed by atoms with Crippen LogP contribution in [0.3, 0.4) is 0 Å². The van der Waals surface area contributed by atoms with E-state index in [1.807, 2.05) is 24.3 Å². The Morgan fingerprint density at radius 3 is 2.22 bits per heavy atom. The van der Waals surface area contributed by atoms with Crippen molar-refractivity contribution in [3.63, 3.8) is 0 Å². The van der Waals surface area contributed by atoms with Crippen LogP contribution in [0.4, 0.5) is 0 Å². The molecule has 2 atom stereocenters. The Balaban J connectivity index is 3.00. The molecule has 0 aliphatic carbocycles. The Hall–Kier alpha value is -1.35. The summed E-state index contributed by atoms with van der Waals surface area (Å²) in [6, 6.07) is 7.58. The predicted octanol–water partition coefficient (Wildman–Crippen LogP) is 2.96. The molecule has 0 amide bonds. The van der Waals surface area contributed by atoms with Crippen LogP contribution in [0.2, 0.25) is 0 Å². The molecule has 3 nitrogen and oxygen atoms in total. The average Bonchev–Trinajstić information content (AvgIpc) is 2.30. The minimum absolute atomic E-state index is 0.402. The van der Waals surface area contributed by atoms with E-state index in [2.05, 4.69) is 6.92 Å². The van der Waals surface area contributed by atoms with Crippen LogP contribution in [0, 0.1) is 5.92 Å². The maximum atomic E-state index is 11.2. The summed E-state index contributed by atoms with van der Waals surface area (Å²) in [5, 5.41) is 19.6. The number of benzene rings is 1. The molecule has 0 radical (unpaired) electrons. The first kappa shape index (κ1) is 14.7. The van der Waals surface area contributed by atoms with Gasteiger partial charge in [0, 0.05) is 0 Å². The number of hydrogen-bond donors (Lipinski definition) is 2. The number of carboxylic acid groups (broad SMARTS) is 1. The summed E-state index contributed by atoms with van der Waals surface area (Å²) in [7, 11) is 0. The monoisotopic (exact) mass is 250 g/mol. The van der Waals surface area contributed by atoms with Gasteiger partial charge in [-0.15, -0.1) is 0 Å². The first-order valence-corrected chi connectivity index (χ1v) is 6.48. The second-order valence-electron chi connectivity index (χ2n) is 4.89. The quantitative estimate of drug-likeness (QED) is 0.816. The van der Waals surface area contributed by atoms with Crippen molar-refractivity contribution in [1.29, 1.82) is 0 Å². The standard InChI is InChI=1S/C15H22O3/c1-4-6-11-7-9-12(10-8-11)15(3,18)13(5-2)14(16)17/h7-10,13,18H,4-6H2,1-3H3,(H,16,17). The Bertz CT molecular complexity index is 393. The Morgan fingerprint density at radius 1 is 1.28 bits per heavy atom. The van der Waals surface area contributed by atoms with Gasteiger partial charge in [0.25, 0.3) is 0 Å². The van der Waals surface area contributed by atoms with Gasteiger partial charge in [-0.3, -0.25) is 4.79 Å². The molecule has 1 rings (SSSR count). The summed E-state index contributed by atoms with van der Waals surface area (Å²) in [6.45, 7) is 5.46. The van der Waals surface area contributed by atoms with Crippen molar-refractivity contribution in [2.45, 2.75) is 45.6 Å². The van der Waals surface area contributed by atoms with Gasteiger partial charge in [0.05, 0.1) is 5.92 Å². The molecule has 0 spiro atoms. The van der Waals surface area contributed by atoms with E-state index in [1.54, 1.807) is 13.8 Å². The van der Waals surface area contributed by atoms with Crippen LogP contribution in [0.15, 0.2) is 24.3 Å². The summed E-state index contributed by atoms with van der Waals surface area (Å²) >= 11 is 0. The lowest BCUT2D eigenvalue weighted by Gasteiger charge is -2.30. The first-order valence-electron chi connectivity index (χ1n) is 6.48. The molecule has 0 saturated heterocycles. The van der Waals surface area contributed by atoms with Crippen LogP contribution in [-0.2, 0) is 16.8 Å². The molecule has 1 aromatic carbocycles. The van der Waals surface area contributed by atoms with Gasteiger partial charge in [0.1, 0.15) is 5.60 Å². The second kappa shape index (κ2) is 6.01. The van der Waals surface area contributed by atoms with E-state index in [-0.39, 0.29) is 0 Å². The van der Waals surface area contributed by atoms with Crippen molar-refractivity contribution >= 4 is 5.97 Å². The zero-order chi connectivity index (χ0) is 13.8. The fourth-order valence-electron chi connectivity index (χ4n) is 2.31. The molecule has 100 valence electrons. The molecule has 2 N–H and O–H groups in total. The summed E-state index contributed by atoms with van der Waals surface area (Å²) < 4.78 is 0. The van der Waals surface area contributed by atoms with Crippen molar-refractivity contribution in [2.75, 3.05) is 0 Å². The number of aryl methyl sites for hydroxylation is 1. The van der Waals surface area contributed by atoms with Gasteiger partial charge in [-0.05, 0) is 30.9 Å². The van der Waals surface area contributed by atoms with E-state index in [4.69, 9.17) is 5.11 Å². The Morgan fingerprint density at radius 2 is 1.83 bits per heavy atom. The number of aliphatic carboxylic acids is 1. The zero-order valence-corrected chi connectivity index (χ0v) is 11.3. The lowest BCUT2D eigenvalue weighted by atomic mass is 9.81. The van der Waals surface area contributed by atoms with Gasteiger partial charge >= 0.3 is 5.97 Å². The van der Waals surface area contributed by atoms with Crippen LogP contribution >= 0.6 is 0 Å². The first-order chi connectivity index (χ1) is 8.43. The van der Waals surface area contributed by atoms with Crippen LogP contribution in [0.25, 0.3) is 0 Å². The zero-order valence-electron chi connectivity index (χ0n) is 11.3. The highest BCUT2D eigenvalue weighted by molar-refractivity contribution is 5.71. The molecule has 0 heterocycles. The fraction of sp³-hybridized carbons (Fsp3) is 0.533. The van der Waals surface area contributed by atoms with E-state index in [0.717, 1.165) is 12.8 Å². The molecular weight excluding hydrogens is 228 g/mol. The second-order valence-corrected chi connectivity index (χ2v) is 4.89. The van der Waals surface area contributed by atoms with Gasteiger partial charge in [0.15, 0.2) is 0 Å². The Labute approximate surface area is 108 Å². The maximum absolute atomic E-state index is 11.2. The number of aliphatic hydroxyl groups is 1. The van der Waals surface area contributed by atoms with E-state index >= 15 is 0 Å². The molecule has 0 bridgehead atoms. The molecule has 0 saturated carbocycles. The van der Waals surface area contributed by atoms with Crippen molar-refractivity contribution in [2.24, 2.45) is 5.92 Å². The molecule has 3 heteroatoms. The maximum Gasteiger partial charge on any atom is 0.309 e. The highest BCUT2D eigenvalue weighted by atomic mass is 16.4. The predicted molar refractivity (Wildman–Crippen MR) is 71.4 cm³/mol. The molecule has 0 aliphatic heterocycles. The van der Waals surface area contributed by atoms with E-state index in [9.17, 15) is 9.90 Å². The van der Waals surface area contributed by atoms with E-state index in [0.29, 0.717) is 12.0 Å². The molecule has 18 heavy (non-hydrogen) atoms. The lowest BCUT2D eigenvalue weighted by Crippen LogP contribution is -2.36. The van der Waals surface area contributed by atoms with Gasteiger partial charge in [0.2, 0.25) is 0 Å². The van der Waals surface area contributed by atoms with Gasteiger partial charge in [-0.25, -0.2) is 0 Å². The third kappa shape index (κ3) is 3.10. The van der Waals surface area contributed by atoms with Gasteiger partial charge in [-0.1, -0.05) is 44.5 Å². The van der Waals surface area contributed by atoms with Crippen LogP contribution < -0.4 is 0 Å².